The second-order valence-electron chi connectivity index (χ2n) is 15.7. The highest BCUT2D eigenvalue weighted by atomic mass is 19.1. The maximum atomic E-state index is 14.1. The number of imidazole rings is 1. The van der Waals surface area contributed by atoms with E-state index in [1.54, 1.807) is 17.0 Å². The van der Waals surface area contributed by atoms with Crippen molar-refractivity contribution in [1.29, 1.82) is 0 Å². The normalized spacial score (nSPS) is 21.9. The largest absolute Gasteiger partial charge is 0.371 e. The van der Waals surface area contributed by atoms with Crippen LogP contribution in [0.3, 0.4) is 0 Å². The standard InChI is InChI=1S/C42H43FN10O3/c43-30-5-1-4-28(20-30)34-7-3-15-51(34)39-13-12-37-44-22-36(53(37)47-39)33-6-2-8-38(45-33)49-18-16-48(17-19-49)23-27-24-50(25-27)31-10-9-29-26-52(42(56)32(29)21-31)35-11-14-40(54)46-41(35)55/h1-2,4-6,8-10,12-13,20-22,27,34-35H,3,7,11,14-19,23-26H2,(H,46,54,55)/t34-,35?/m1/s1. The predicted molar refractivity (Wildman–Crippen MR) is 209 cm³/mol. The number of halogens is 1. The molecule has 5 aromatic rings. The van der Waals surface area contributed by atoms with Crippen LogP contribution in [-0.4, -0.2) is 106 Å². The summed E-state index contributed by atoms with van der Waals surface area (Å²) in [4.78, 5) is 58.2. The van der Waals surface area contributed by atoms with Crippen molar-refractivity contribution in [1.82, 2.24) is 34.7 Å². The molecule has 3 amide bonds. The van der Waals surface area contributed by atoms with Crippen molar-refractivity contribution in [2.75, 3.05) is 67.1 Å². The van der Waals surface area contributed by atoms with Crippen LogP contribution in [0.25, 0.3) is 17.0 Å². The van der Waals surface area contributed by atoms with Gasteiger partial charge in [-0.1, -0.05) is 24.3 Å². The van der Waals surface area contributed by atoms with E-state index >= 15 is 0 Å². The number of nitrogens with one attached hydrogen (secondary N) is 1. The molecule has 3 aromatic heterocycles. The molecule has 2 aromatic carbocycles. The van der Waals surface area contributed by atoms with E-state index in [0.29, 0.717) is 24.4 Å². The number of amides is 3. The third-order valence-electron chi connectivity index (χ3n) is 12.2. The van der Waals surface area contributed by atoms with Crippen molar-refractivity contribution < 1.29 is 18.8 Å². The molecule has 8 heterocycles. The van der Waals surface area contributed by atoms with Gasteiger partial charge in [0.05, 0.1) is 17.9 Å². The Morgan fingerprint density at radius 2 is 1.66 bits per heavy atom. The Hall–Kier alpha value is -5.89. The number of piperidine rings is 1. The van der Waals surface area contributed by atoms with Crippen LogP contribution in [0.1, 0.15) is 53.2 Å². The van der Waals surface area contributed by atoms with Crippen LogP contribution in [0.5, 0.6) is 0 Å². The fraction of sp³-hybridized carbons (Fsp3) is 0.381. The summed E-state index contributed by atoms with van der Waals surface area (Å²) in [6, 6.07) is 22.5. The Kier molecular flexibility index (Phi) is 8.65. The third kappa shape index (κ3) is 6.31. The zero-order valence-corrected chi connectivity index (χ0v) is 31.1. The summed E-state index contributed by atoms with van der Waals surface area (Å²) < 4.78 is 16.0. The van der Waals surface area contributed by atoms with Crippen LogP contribution in [0.4, 0.5) is 21.7 Å². The summed E-state index contributed by atoms with van der Waals surface area (Å²) in [5, 5.41) is 7.41. The summed E-state index contributed by atoms with van der Waals surface area (Å²) in [7, 11) is 0. The van der Waals surface area contributed by atoms with Crippen molar-refractivity contribution in [3.63, 3.8) is 0 Å². The van der Waals surface area contributed by atoms with Gasteiger partial charge in [0.2, 0.25) is 11.8 Å². The highest BCUT2D eigenvalue weighted by Crippen LogP contribution is 2.37. The minimum absolute atomic E-state index is 0.0734. The molecular weight excluding hydrogens is 712 g/mol. The predicted octanol–water partition coefficient (Wildman–Crippen LogP) is 4.29. The number of benzene rings is 2. The van der Waals surface area contributed by atoms with Gasteiger partial charge >= 0.3 is 0 Å². The number of carbonyl (C=O) groups excluding carboxylic acids is 3. The number of hydrogen-bond donors (Lipinski definition) is 1. The van der Waals surface area contributed by atoms with E-state index in [2.05, 4.69) is 48.1 Å². The molecule has 0 saturated carbocycles. The van der Waals surface area contributed by atoms with Gasteiger partial charge in [0, 0.05) is 82.5 Å². The molecule has 2 atom stereocenters. The molecule has 286 valence electrons. The zero-order chi connectivity index (χ0) is 37.9. The lowest BCUT2D eigenvalue weighted by Gasteiger charge is -2.45. The number of nitrogens with zero attached hydrogens (tertiary/aromatic N) is 9. The topological polar surface area (TPSA) is 123 Å². The SMILES string of the molecule is O=C1CCC(N2Cc3ccc(N4CC(CN5CCN(c6cccc(-c7cnc8ccc(N9CCC[C@@H]9c9cccc(F)c9)nn78)n6)CC5)C4)cc3C2=O)C(=O)N1. The van der Waals surface area contributed by atoms with E-state index < -0.39 is 6.04 Å². The molecular formula is C42H43FN10O3. The maximum Gasteiger partial charge on any atom is 0.255 e. The second kappa shape index (κ2) is 14.0. The molecule has 5 aliphatic rings. The van der Waals surface area contributed by atoms with Gasteiger partial charge < -0.3 is 19.6 Å². The Balaban J connectivity index is 0.750. The number of piperazine rings is 1. The molecule has 0 spiro atoms. The van der Waals surface area contributed by atoms with Gasteiger partial charge in [-0.2, -0.15) is 0 Å². The molecule has 13 nitrogen and oxygen atoms in total. The zero-order valence-electron chi connectivity index (χ0n) is 31.1. The lowest BCUT2D eigenvalue weighted by atomic mass is 9.97. The molecule has 14 heteroatoms. The first-order chi connectivity index (χ1) is 27.3. The molecule has 4 saturated heterocycles. The molecule has 0 radical (unpaired) electrons. The molecule has 1 unspecified atom stereocenters. The van der Waals surface area contributed by atoms with Gasteiger partial charge in [0.1, 0.15) is 29.2 Å². The number of anilines is 3. The van der Waals surface area contributed by atoms with Crippen LogP contribution in [0, 0.1) is 11.7 Å². The van der Waals surface area contributed by atoms with E-state index in [4.69, 9.17) is 10.1 Å². The molecule has 0 aliphatic carbocycles. The van der Waals surface area contributed by atoms with Crippen molar-refractivity contribution in [3.8, 4) is 11.4 Å². The van der Waals surface area contributed by atoms with E-state index in [1.807, 2.05) is 47.1 Å². The minimum atomic E-state index is -0.600. The Morgan fingerprint density at radius 3 is 2.50 bits per heavy atom. The molecule has 4 fully saturated rings. The minimum Gasteiger partial charge on any atom is -0.371 e. The van der Waals surface area contributed by atoms with Crippen molar-refractivity contribution in [3.05, 3.63) is 102 Å². The van der Waals surface area contributed by atoms with Crippen LogP contribution < -0.4 is 20.0 Å². The number of pyridine rings is 1. The van der Waals surface area contributed by atoms with Crippen LogP contribution in [-0.2, 0) is 16.1 Å². The van der Waals surface area contributed by atoms with Gasteiger partial charge in [-0.15, -0.1) is 5.10 Å². The van der Waals surface area contributed by atoms with E-state index in [1.165, 1.54) is 6.07 Å². The van der Waals surface area contributed by atoms with E-state index in [-0.39, 0.29) is 36.0 Å². The number of carbonyl (C=O) groups is 3. The molecule has 56 heavy (non-hydrogen) atoms. The van der Waals surface area contributed by atoms with E-state index in [9.17, 15) is 18.8 Å². The number of aromatic nitrogens is 4. The number of fused-ring (bicyclic) bond motifs is 2. The quantitative estimate of drug-likeness (QED) is 0.230. The third-order valence-corrected chi connectivity index (χ3v) is 12.2. The molecule has 1 N–H and O–H groups in total. The van der Waals surface area contributed by atoms with Gasteiger partial charge in [-0.3, -0.25) is 24.6 Å². The van der Waals surface area contributed by atoms with Crippen LogP contribution in [0.15, 0.2) is 79.0 Å². The van der Waals surface area contributed by atoms with Gasteiger partial charge in [-0.05, 0) is 78.9 Å². The first-order valence-electron chi connectivity index (χ1n) is 19.7. The van der Waals surface area contributed by atoms with Crippen molar-refractivity contribution in [2.45, 2.75) is 44.3 Å². The maximum absolute atomic E-state index is 14.1. The lowest BCUT2D eigenvalue weighted by molar-refractivity contribution is -0.136. The highest BCUT2D eigenvalue weighted by Gasteiger charge is 2.40. The monoisotopic (exact) mass is 754 g/mol. The average molecular weight is 755 g/mol. The van der Waals surface area contributed by atoms with Gasteiger partial charge in [-0.25, -0.2) is 18.9 Å². The summed E-state index contributed by atoms with van der Waals surface area (Å²) >= 11 is 0. The summed E-state index contributed by atoms with van der Waals surface area (Å²) in [5.74, 6) is 1.31. The summed E-state index contributed by atoms with van der Waals surface area (Å²) in [6.45, 7) is 7.82. The first kappa shape index (κ1) is 34.6. The Morgan fingerprint density at radius 1 is 0.804 bits per heavy atom. The molecule has 10 rings (SSSR count). The number of hydrogen-bond acceptors (Lipinski definition) is 10. The fourth-order valence-corrected chi connectivity index (χ4v) is 9.20. The smallest absolute Gasteiger partial charge is 0.255 e. The Bertz CT molecular complexity index is 2350. The summed E-state index contributed by atoms with van der Waals surface area (Å²) in [6.07, 6.45) is 4.42. The molecule has 5 aliphatic heterocycles. The Labute approximate surface area is 323 Å². The van der Waals surface area contributed by atoms with Crippen molar-refractivity contribution >= 4 is 40.7 Å². The average Bonchev–Trinajstić information content (AvgIpc) is 3.94. The first-order valence-corrected chi connectivity index (χ1v) is 19.7. The van der Waals surface area contributed by atoms with Gasteiger partial charge in [0.25, 0.3) is 5.91 Å². The highest BCUT2D eigenvalue weighted by molar-refractivity contribution is 6.05. The lowest BCUT2D eigenvalue weighted by Crippen LogP contribution is -2.55. The number of rotatable bonds is 8. The fourth-order valence-electron chi connectivity index (χ4n) is 9.20. The van der Waals surface area contributed by atoms with Gasteiger partial charge in [0.15, 0.2) is 5.65 Å². The van der Waals surface area contributed by atoms with Crippen LogP contribution in [0.2, 0.25) is 0 Å². The molecule has 0 bridgehead atoms. The van der Waals surface area contributed by atoms with Crippen molar-refractivity contribution in [2.24, 2.45) is 5.92 Å². The van der Waals surface area contributed by atoms with Crippen LogP contribution >= 0.6 is 0 Å². The van der Waals surface area contributed by atoms with E-state index in [0.717, 1.165) is 111 Å². The number of imide groups is 1. The summed E-state index contributed by atoms with van der Waals surface area (Å²) in [5.41, 5.74) is 5.99. The second-order valence-corrected chi connectivity index (χ2v) is 15.7.